The number of benzene rings is 2. The molecule has 0 atom stereocenters. The van der Waals surface area contributed by atoms with E-state index in [1.54, 1.807) is 30.7 Å². The molecule has 1 heterocycles. The molecule has 3 rings (SSSR count). The van der Waals surface area contributed by atoms with E-state index in [-0.39, 0.29) is 24.9 Å². The van der Waals surface area contributed by atoms with Gasteiger partial charge in [-0.1, -0.05) is 24.3 Å². The number of amides is 1. The minimum Gasteiger partial charge on any atom is -0.493 e. The van der Waals surface area contributed by atoms with E-state index in [4.69, 9.17) is 9.47 Å². The summed E-state index contributed by atoms with van der Waals surface area (Å²) in [5.41, 5.74) is 0.998. The smallest absolute Gasteiger partial charge is 0.271 e. The number of nitrogens with zero attached hydrogens (tertiary/aromatic N) is 1. The van der Waals surface area contributed by atoms with Crippen LogP contribution in [0.2, 0.25) is 0 Å². The van der Waals surface area contributed by atoms with Crippen molar-refractivity contribution in [3.8, 4) is 11.5 Å². The number of rotatable bonds is 7. The number of methoxy groups -OCH3 is 1. The second kappa shape index (κ2) is 8.44. The highest BCUT2D eigenvalue weighted by molar-refractivity contribution is 7.09. The van der Waals surface area contributed by atoms with Crippen LogP contribution in [0.5, 0.6) is 11.5 Å². The van der Waals surface area contributed by atoms with E-state index in [2.05, 4.69) is 10.3 Å². The van der Waals surface area contributed by atoms with Gasteiger partial charge in [0.1, 0.15) is 23.1 Å². The van der Waals surface area contributed by atoms with Crippen LogP contribution < -0.4 is 14.8 Å². The number of carbonyl (C=O) groups is 1. The first-order valence-corrected chi connectivity index (χ1v) is 8.76. The van der Waals surface area contributed by atoms with Gasteiger partial charge in [-0.2, -0.15) is 0 Å². The molecule has 0 aliphatic heterocycles. The van der Waals surface area contributed by atoms with Gasteiger partial charge in [0.25, 0.3) is 5.91 Å². The average molecular weight is 372 g/mol. The quantitative estimate of drug-likeness (QED) is 0.685. The Balaban J connectivity index is 1.56. The highest BCUT2D eigenvalue weighted by Crippen LogP contribution is 2.27. The predicted molar refractivity (Wildman–Crippen MR) is 97.0 cm³/mol. The van der Waals surface area contributed by atoms with Crippen LogP contribution in [-0.4, -0.2) is 18.0 Å². The van der Waals surface area contributed by atoms with Crippen molar-refractivity contribution >= 4 is 17.2 Å². The lowest BCUT2D eigenvalue weighted by Gasteiger charge is -2.08. The van der Waals surface area contributed by atoms with E-state index in [9.17, 15) is 9.18 Å². The molecule has 134 valence electrons. The second-order valence-corrected chi connectivity index (χ2v) is 6.32. The minimum absolute atomic E-state index is 0.237. The molecule has 0 fully saturated rings. The third-order valence-corrected chi connectivity index (χ3v) is 4.37. The fourth-order valence-corrected chi connectivity index (χ4v) is 2.96. The summed E-state index contributed by atoms with van der Waals surface area (Å²) < 4.78 is 24.1. The first-order valence-electron chi connectivity index (χ1n) is 7.88. The van der Waals surface area contributed by atoms with E-state index in [1.807, 2.05) is 18.2 Å². The van der Waals surface area contributed by atoms with Gasteiger partial charge in [0, 0.05) is 11.9 Å². The molecule has 0 aliphatic carbocycles. The van der Waals surface area contributed by atoms with E-state index in [0.29, 0.717) is 27.8 Å². The molecule has 1 amide bonds. The number of para-hydroxylation sites is 2. The highest BCUT2D eigenvalue weighted by atomic mass is 32.1. The van der Waals surface area contributed by atoms with Crippen molar-refractivity contribution in [3.63, 3.8) is 0 Å². The molecule has 1 N–H and O–H groups in total. The van der Waals surface area contributed by atoms with E-state index < -0.39 is 0 Å². The number of thiazole rings is 1. The molecular formula is C19H17FN2O3S. The molecule has 0 spiro atoms. The number of carbonyl (C=O) groups excluding carboxylic acids is 1. The van der Waals surface area contributed by atoms with Gasteiger partial charge < -0.3 is 14.8 Å². The topological polar surface area (TPSA) is 60.5 Å². The van der Waals surface area contributed by atoms with Crippen molar-refractivity contribution in [2.24, 2.45) is 0 Å². The molecule has 0 saturated carbocycles. The molecule has 1 aromatic heterocycles. The van der Waals surface area contributed by atoms with Gasteiger partial charge in [-0.05, 0) is 29.8 Å². The standard InChI is InChI=1S/C19H17FN2O3S/c1-24-16-7-2-3-8-17(16)25-11-18-22-15(12-26-18)19(23)21-10-13-5-4-6-14(20)9-13/h2-9,12H,10-11H2,1H3,(H,21,23). The van der Waals surface area contributed by atoms with Gasteiger partial charge in [0.2, 0.25) is 0 Å². The molecule has 0 radical (unpaired) electrons. The Morgan fingerprint density at radius 1 is 1.19 bits per heavy atom. The largest absolute Gasteiger partial charge is 0.493 e. The molecule has 0 saturated heterocycles. The molecule has 7 heteroatoms. The number of nitrogens with one attached hydrogen (secondary N) is 1. The Labute approximate surface area is 154 Å². The zero-order chi connectivity index (χ0) is 18.4. The Morgan fingerprint density at radius 3 is 2.77 bits per heavy atom. The second-order valence-electron chi connectivity index (χ2n) is 5.38. The van der Waals surface area contributed by atoms with Crippen molar-refractivity contribution in [2.75, 3.05) is 7.11 Å². The molecule has 26 heavy (non-hydrogen) atoms. The van der Waals surface area contributed by atoms with Gasteiger partial charge >= 0.3 is 0 Å². The monoisotopic (exact) mass is 372 g/mol. The Hall–Kier alpha value is -2.93. The minimum atomic E-state index is -0.332. The lowest BCUT2D eigenvalue weighted by Crippen LogP contribution is -2.23. The normalized spacial score (nSPS) is 10.4. The zero-order valence-corrected chi connectivity index (χ0v) is 14.9. The van der Waals surface area contributed by atoms with Gasteiger partial charge in [0.15, 0.2) is 11.5 Å². The fourth-order valence-electron chi connectivity index (χ4n) is 2.28. The lowest BCUT2D eigenvalue weighted by molar-refractivity contribution is 0.0946. The van der Waals surface area contributed by atoms with Crippen molar-refractivity contribution in [1.29, 1.82) is 0 Å². The van der Waals surface area contributed by atoms with Crippen molar-refractivity contribution in [3.05, 3.63) is 76.0 Å². The van der Waals surface area contributed by atoms with Crippen molar-refractivity contribution in [2.45, 2.75) is 13.2 Å². The van der Waals surface area contributed by atoms with Crippen LogP contribution in [0.3, 0.4) is 0 Å². The predicted octanol–water partition coefficient (Wildman–Crippen LogP) is 3.80. The van der Waals surface area contributed by atoms with Gasteiger partial charge in [-0.25, -0.2) is 9.37 Å². The molecule has 2 aromatic carbocycles. The number of hydrogen-bond donors (Lipinski definition) is 1. The van der Waals surface area contributed by atoms with E-state index >= 15 is 0 Å². The van der Waals surface area contributed by atoms with Crippen LogP contribution in [0, 0.1) is 5.82 Å². The summed E-state index contributed by atoms with van der Waals surface area (Å²) in [6, 6.07) is 13.4. The van der Waals surface area contributed by atoms with Crippen LogP contribution >= 0.6 is 11.3 Å². The van der Waals surface area contributed by atoms with Crippen LogP contribution in [0.1, 0.15) is 21.1 Å². The van der Waals surface area contributed by atoms with Crippen molar-refractivity contribution < 1.29 is 18.7 Å². The van der Waals surface area contributed by atoms with Gasteiger partial charge in [0.05, 0.1) is 7.11 Å². The first kappa shape index (κ1) is 17.9. The van der Waals surface area contributed by atoms with Gasteiger partial charge in [-0.15, -0.1) is 11.3 Å². The Morgan fingerprint density at radius 2 is 2.00 bits per heavy atom. The van der Waals surface area contributed by atoms with Crippen LogP contribution in [0.15, 0.2) is 53.9 Å². The molecule has 0 aliphatic rings. The highest BCUT2D eigenvalue weighted by Gasteiger charge is 2.12. The SMILES string of the molecule is COc1ccccc1OCc1nc(C(=O)NCc2cccc(F)c2)cs1. The summed E-state index contributed by atoms with van der Waals surface area (Å²) in [5, 5.41) is 5.07. The molecule has 0 bridgehead atoms. The Bertz CT molecular complexity index is 898. The van der Waals surface area contributed by atoms with Gasteiger partial charge in [-0.3, -0.25) is 4.79 Å². The zero-order valence-electron chi connectivity index (χ0n) is 14.1. The van der Waals surface area contributed by atoms with Crippen LogP contribution in [0.4, 0.5) is 4.39 Å². The fraction of sp³-hybridized carbons (Fsp3) is 0.158. The maximum absolute atomic E-state index is 13.2. The molecule has 3 aromatic rings. The van der Waals surface area contributed by atoms with Crippen LogP contribution in [0.25, 0.3) is 0 Å². The summed E-state index contributed by atoms with van der Waals surface area (Å²) in [4.78, 5) is 16.4. The maximum Gasteiger partial charge on any atom is 0.271 e. The molecule has 5 nitrogen and oxygen atoms in total. The maximum atomic E-state index is 13.2. The summed E-state index contributed by atoms with van der Waals surface area (Å²) >= 11 is 1.34. The third kappa shape index (κ3) is 4.58. The molecule has 0 unspecified atom stereocenters. The summed E-state index contributed by atoms with van der Waals surface area (Å²) in [5.74, 6) is 0.606. The van der Waals surface area contributed by atoms with E-state index in [0.717, 1.165) is 0 Å². The number of halogens is 1. The Kier molecular flexibility index (Phi) is 5.80. The summed E-state index contributed by atoms with van der Waals surface area (Å²) in [6.07, 6.45) is 0. The lowest BCUT2D eigenvalue weighted by atomic mass is 10.2. The number of hydrogen-bond acceptors (Lipinski definition) is 5. The summed E-state index contributed by atoms with van der Waals surface area (Å²) in [7, 11) is 1.58. The molecular weight excluding hydrogens is 355 g/mol. The van der Waals surface area contributed by atoms with E-state index in [1.165, 1.54) is 23.5 Å². The summed E-state index contributed by atoms with van der Waals surface area (Å²) in [6.45, 7) is 0.476. The van der Waals surface area contributed by atoms with Crippen molar-refractivity contribution in [1.82, 2.24) is 10.3 Å². The third-order valence-electron chi connectivity index (χ3n) is 3.55. The average Bonchev–Trinajstić information content (AvgIpc) is 3.14. The number of aromatic nitrogens is 1. The van der Waals surface area contributed by atoms with Crippen LogP contribution in [-0.2, 0) is 13.2 Å². The number of ether oxygens (including phenoxy) is 2. The first-order chi connectivity index (χ1) is 12.7.